The van der Waals surface area contributed by atoms with Crippen molar-refractivity contribution in [3.8, 4) is 0 Å². The lowest BCUT2D eigenvalue weighted by molar-refractivity contribution is 0.0685. The highest BCUT2D eigenvalue weighted by molar-refractivity contribution is 5.85. The van der Waals surface area contributed by atoms with Crippen molar-refractivity contribution in [2.45, 2.75) is 32.2 Å². The lowest BCUT2D eigenvalue weighted by Crippen LogP contribution is -2.23. The number of carboxylic acid groups (broad SMARTS) is 1. The Labute approximate surface area is 94.0 Å². The van der Waals surface area contributed by atoms with Gasteiger partial charge in [-0.25, -0.2) is 4.79 Å². The molecule has 1 aromatic heterocycles. The van der Waals surface area contributed by atoms with E-state index in [0.717, 1.165) is 13.1 Å². The van der Waals surface area contributed by atoms with Crippen molar-refractivity contribution in [1.29, 1.82) is 0 Å². The number of hydrogen-bond donors (Lipinski definition) is 1. The topological polar surface area (TPSA) is 66.6 Å². The van der Waals surface area contributed by atoms with Crippen LogP contribution in [0, 0.1) is 0 Å². The Morgan fingerprint density at radius 2 is 2.06 bits per heavy atom. The number of nitrogens with zero attached hydrogens (tertiary/aromatic N) is 2. The van der Waals surface area contributed by atoms with Gasteiger partial charge in [0, 0.05) is 6.07 Å². The molecular weight excluding hydrogens is 208 g/mol. The molecule has 0 aliphatic carbocycles. The Balaban J connectivity index is 1.94. The van der Waals surface area contributed by atoms with E-state index in [1.54, 1.807) is 0 Å². The van der Waals surface area contributed by atoms with Gasteiger partial charge >= 0.3 is 5.97 Å². The number of likely N-dealkylation sites (tertiary alicyclic amines) is 1. The first-order valence-corrected chi connectivity index (χ1v) is 5.67. The molecule has 2 heterocycles. The molecule has 0 aromatic carbocycles. The Morgan fingerprint density at radius 1 is 1.38 bits per heavy atom. The van der Waals surface area contributed by atoms with Gasteiger partial charge in [-0.15, -0.1) is 0 Å². The van der Waals surface area contributed by atoms with E-state index in [1.165, 1.54) is 31.7 Å². The van der Waals surface area contributed by atoms with Gasteiger partial charge in [0.2, 0.25) is 0 Å². The van der Waals surface area contributed by atoms with Crippen LogP contribution in [0.4, 0.5) is 0 Å². The second-order valence-corrected chi connectivity index (χ2v) is 4.17. The van der Waals surface area contributed by atoms with E-state index in [4.69, 9.17) is 9.63 Å². The highest BCUT2D eigenvalue weighted by Gasteiger charge is 2.14. The molecule has 5 heteroatoms. The minimum atomic E-state index is -1.04. The predicted molar refractivity (Wildman–Crippen MR) is 57.2 cm³/mol. The largest absolute Gasteiger partial charge is 0.476 e. The molecule has 1 aliphatic heterocycles. The van der Waals surface area contributed by atoms with Crippen molar-refractivity contribution in [2.75, 3.05) is 13.1 Å². The third-order valence-electron chi connectivity index (χ3n) is 2.86. The van der Waals surface area contributed by atoms with Crippen LogP contribution < -0.4 is 0 Å². The Bertz CT molecular complexity index is 354. The lowest BCUT2D eigenvalue weighted by Gasteiger charge is -2.17. The summed E-state index contributed by atoms with van der Waals surface area (Å²) in [6.07, 6.45) is 4.99. The van der Waals surface area contributed by atoms with Gasteiger partial charge in [0.1, 0.15) is 0 Å². The molecule has 5 nitrogen and oxygen atoms in total. The van der Waals surface area contributed by atoms with Crippen molar-refractivity contribution in [3.63, 3.8) is 0 Å². The van der Waals surface area contributed by atoms with E-state index in [9.17, 15) is 4.79 Å². The van der Waals surface area contributed by atoms with E-state index < -0.39 is 5.97 Å². The van der Waals surface area contributed by atoms with Crippen LogP contribution in [0.25, 0.3) is 0 Å². The van der Waals surface area contributed by atoms with Gasteiger partial charge in [0.15, 0.2) is 11.5 Å². The maximum atomic E-state index is 10.6. The van der Waals surface area contributed by atoms with Crippen LogP contribution >= 0.6 is 0 Å². The number of rotatable bonds is 3. The summed E-state index contributed by atoms with van der Waals surface area (Å²) in [6, 6.07) is 1.51. The number of aromatic carboxylic acids is 1. The first-order valence-electron chi connectivity index (χ1n) is 5.67. The molecule has 0 bridgehead atoms. The maximum absolute atomic E-state index is 10.6. The van der Waals surface area contributed by atoms with E-state index in [1.807, 2.05) is 0 Å². The summed E-state index contributed by atoms with van der Waals surface area (Å²) in [5, 5.41) is 12.2. The fraction of sp³-hybridized carbons (Fsp3) is 0.636. The third kappa shape index (κ3) is 2.82. The van der Waals surface area contributed by atoms with Gasteiger partial charge in [0.25, 0.3) is 0 Å². The Kier molecular flexibility index (Phi) is 3.56. The van der Waals surface area contributed by atoms with E-state index in [-0.39, 0.29) is 5.69 Å². The molecule has 1 aliphatic rings. The highest BCUT2D eigenvalue weighted by atomic mass is 16.5. The summed E-state index contributed by atoms with van der Waals surface area (Å²) in [5.74, 6) is -0.398. The SMILES string of the molecule is O=C(O)c1cc(CN2CCCCCC2)on1. The summed E-state index contributed by atoms with van der Waals surface area (Å²) < 4.78 is 5.00. The van der Waals surface area contributed by atoms with Crippen LogP contribution in [0.3, 0.4) is 0 Å². The van der Waals surface area contributed by atoms with E-state index >= 15 is 0 Å². The minimum Gasteiger partial charge on any atom is -0.476 e. The average Bonchev–Trinajstić information content (AvgIpc) is 2.56. The smallest absolute Gasteiger partial charge is 0.358 e. The maximum Gasteiger partial charge on any atom is 0.358 e. The van der Waals surface area contributed by atoms with Gasteiger partial charge in [0.05, 0.1) is 6.54 Å². The van der Waals surface area contributed by atoms with Gasteiger partial charge in [-0.2, -0.15) is 0 Å². The molecule has 0 spiro atoms. The van der Waals surface area contributed by atoms with Gasteiger partial charge < -0.3 is 9.63 Å². The zero-order chi connectivity index (χ0) is 11.4. The van der Waals surface area contributed by atoms with Crippen molar-refractivity contribution < 1.29 is 14.4 Å². The summed E-state index contributed by atoms with van der Waals surface area (Å²) in [7, 11) is 0. The number of hydrogen-bond acceptors (Lipinski definition) is 4. The second kappa shape index (κ2) is 5.12. The van der Waals surface area contributed by atoms with Crippen molar-refractivity contribution in [3.05, 3.63) is 17.5 Å². The Hall–Kier alpha value is -1.36. The molecule has 0 saturated carbocycles. The summed E-state index contributed by atoms with van der Waals surface area (Å²) in [5.41, 5.74) is -0.00942. The molecule has 88 valence electrons. The highest BCUT2D eigenvalue weighted by Crippen LogP contribution is 2.13. The molecule has 2 rings (SSSR count). The fourth-order valence-corrected chi connectivity index (χ4v) is 2.00. The second-order valence-electron chi connectivity index (χ2n) is 4.17. The van der Waals surface area contributed by atoms with Crippen LogP contribution in [-0.2, 0) is 6.54 Å². The Morgan fingerprint density at radius 3 is 2.62 bits per heavy atom. The fourth-order valence-electron chi connectivity index (χ4n) is 2.00. The number of carboxylic acids is 1. The molecule has 1 N–H and O–H groups in total. The molecule has 1 fully saturated rings. The molecule has 0 atom stereocenters. The van der Waals surface area contributed by atoms with E-state index in [2.05, 4.69) is 10.1 Å². The minimum absolute atomic E-state index is 0.00942. The molecule has 16 heavy (non-hydrogen) atoms. The predicted octanol–water partition coefficient (Wildman–Crippen LogP) is 1.75. The molecule has 0 amide bonds. The van der Waals surface area contributed by atoms with Crippen LogP contribution in [0.2, 0.25) is 0 Å². The van der Waals surface area contributed by atoms with Crippen LogP contribution in [0.1, 0.15) is 41.9 Å². The molecule has 1 aromatic rings. The number of aromatic nitrogens is 1. The molecule has 0 unspecified atom stereocenters. The van der Waals surface area contributed by atoms with E-state index in [0.29, 0.717) is 12.3 Å². The average molecular weight is 224 g/mol. The first kappa shape index (κ1) is 11.1. The summed E-state index contributed by atoms with van der Waals surface area (Å²) >= 11 is 0. The van der Waals surface area contributed by atoms with Gasteiger partial charge in [-0.1, -0.05) is 18.0 Å². The van der Waals surface area contributed by atoms with Crippen molar-refractivity contribution in [1.82, 2.24) is 10.1 Å². The summed E-state index contributed by atoms with van der Waals surface area (Å²) in [4.78, 5) is 12.9. The third-order valence-corrected chi connectivity index (χ3v) is 2.86. The molecule has 0 radical (unpaired) electrons. The summed E-state index contributed by atoms with van der Waals surface area (Å²) in [6.45, 7) is 2.78. The quantitative estimate of drug-likeness (QED) is 0.847. The van der Waals surface area contributed by atoms with Crippen molar-refractivity contribution >= 4 is 5.97 Å². The molecule has 1 saturated heterocycles. The standard InChI is InChI=1S/C11H16N2O3/c14-11(15)10-7-9(16-12-10)8-13-5-3-1-2-4-6-13/h7H,1-6,8H2,(H,14,15). The zero-order valence-corrected chi connectivity index (χ0v) is 9.19. The first-order chi connectivity index (χ1) is 7.75. The normalized spacial score (nSPS) is 18.2. The van der Waals surface area contributed by atoms with Crippen molar-refractivity contribution in [2.24, 2.45) is 0 Å². The van der Waals surface area contributed by atoms with Crippen LogP contribution in [-0.4, -0.2) is 34.2 Å². The number of carbonyl (C=O) groups is 1. The van der Waals surface area contributed by atoms with Gasteiger partial charge in [-0.3, -0.25) is 4.90 Å². The molecular formula is C11H16N2O3. The monoisotopic (exact) mass is 224 g/mol. The van der Waals surface area contributed by atoms with Crippen LogP contribution in [0.5, 0.6) is 0 Å². The zero-order valence-electron chi connectivity index (χ0n) is 9.19. The van der Waals surface area contributed by atoms with Crippen LogP contribution in [0.15, 0.2) is 10.6 Å². The lowest BCUT2D eigenvalue weighted by atomic mass is 10.2. The van der Waals surface area contributed by atoms with Gasteiger partial charge in [-0.05, 0) is 25.9 Å².